The number of rotatable bonds is 3. The standard InChI is InChI=1S/C5H7N3O2/c6-8-7-2-3-1-4(3)5(9)10/h3-4H,1-2H2,(H,9,10)/t3-,4-/m1/s1. The molecule has 0 unspecified atom stereocenters. The van der Waals surface area contributed by atoms with Gasteiger partial charge in [-0.25, -0.2) is 0 Å². The van der Waals surface area contributed by atoms with Crippen molar-refractivity contribution in [2.75, 3.05) is 6.54 Å². The molecule has 1 aliphatic carbocycles. The largest absolute Gasteiger partial charge is 0.481 e. The van der Waals surface area contributed by atoms with Crippen LogP contribution in [0.15, 0.2) is 5.11 Å². The molecule has 1 N–H and O–H groups in total. The fourth-order valence-electron chi connectivity index (χ4n) is 0.893. The molecule has 1 fully saturated rings. The summed E-state index contributed by atoms with van der Waals surface area (Å²) in [4.78, 5) is 12.7. The highest BCUT2D eigenvalue weighted by molar-refractivity contribution is 5.73. The maximum atomic E-state index is 10.2. The van der Waals surface area contributed by atoms with Crippen LogP contribution in [0.5, 0.6) is 0 Å². The summed E-state index contributed by atoms with van der Waals surface area (Å²) >= 11 is 0. The molecule has 0 aromatic rings. The first kappa shape index (κ1) is 6.89. The first-order chi connectivity index (χ1) is 4.75. The van der Waals surface area contributed by atoms with E-state index in [1.165, 1.54) is 0 Å². The molecule has 0 aliphatic heterocycles. The van der Waals surface area contributed by atoms with Crippen LogP contribution in [0.25, 0.3) is 10.4 Å². The molecule has 0 radical (unpaired) electrons. The Hall–Kier alpha value is -1.22. The first-order valence-corrected chi connectivity index (χ1v) is 2.99. The summed E-state index contributed by atoms with van der Waals surface area (Å²) in [5.41, 5.74) is 7.88. The zero-order valence-electron chi connectivity index (χ0n) is 5.27. The van der Waals surface area contributed by atoms with Crippen LogP contribution in [-0.4, -0.2) is 17.6 Å². The lowest BCUT2D eigenvalue weighted by Crippen LogP contribution is -2.00. The number of carboxylic acids is 1. The first-order valence-electron chi connectivity index (χ1n) is 2.99. The summed E-state index contributed by atoms with van der Waals surface area (Å²) in [6.45, 7) is 0.327. The smallest absolute Gasteiger partial charge is 0.306 e. The minimum absolute atomic E-state index is 0.0911. The summed E-state index contributed by atoms with van der Waals surface area (Å²) in [6, 6.07) is 0. The number of hydrogen-bond donors (Lipinski definition) is 1. The van der Waals surface area contributed by atoms with Gasteiger partial charge >= 0.3 is 5.97 Å². The van der Waals surface area contributed by atoms with Gasteiger partial charge in [-0.2, -0.15) is 0 Å². The number of hydrogen-bond acceptors (Lipinski definition) is 2. The van der Waals surface area contributed by atoms with Gasteiger partial charge in [-0.15, -0.1) is 0 Å². The van der Waals surface area contributed by atoms with E-state index in [0.29, 0.717) is 13.0 Å². The van der Waals surface area contributed by atoms with Gasteiger partial charge in [-0.1, -0.05) is 5.11 Å². The fraction of sp³-hybridized carbons (Fsp3) is 0.800. The molecule has 0 saturated heterocycles. The molecule has 0 amide bonds. The molecule has 54 valence electrons. The van der Waals surface area contributed by atoms with Gasteiger partial charge in [-0.05, 0) is 17.9 Å². The van der Waals surface area contributed by atoms with Crippen molar-refractivity contribution in [3.8, 4) is 0 Å². The number of carbonyl (C=O) groups is 1. The molecule has 0 heterocycles. The number of nitrogens with zero attached hydrogens (tertiary/aromatic N) is 3. The van der Waals surface area contributed by atoms with Gasteiger partial charge in [0.15, 0.2) is 0 Å². The summed E-state index contributed by atoms with van der Waals surface area (Å²) in [5, 5.41) is 11.7. The molecule has 2 atom stereocenters. The van der Waals surface area contributed by atoms with Crippen LogP contribution in [0, 0.1) is 11.8 Å². The van der Waals surface area contributed by atoms with Crippen LogP contribution in [0.4, 0.5) is 0 Å². The Kier molecular flexibility index (Phi) is 1.78. The summed E-state index contributed by atoms with van der Waals surface area (Å²) in [5.74, 6) is -0.947. The van der Waals surface area contributed by atoms with Gasteiger partial charge in [0.05, 0.1) is 5.92 Å². The van der Waals surface area contributed by atoms with Gasteiger partial charge in [0.2, 0.25) is 0 Å². The Bertz CT molecular complexity index is 197. The summed E-state index contributed by atoms with van der Waals surface area (Å²) in [7, 11) is 0. The molecule has 1 aliphatic rings. The van der Waals surface area contributed by atoms with Gasteiger partial charge in [-0.3, -0.25) is 4.79 Å². The van der Waals surface area contributed by atoms with E-state index in [4.69, 9.17) is 10.6 Å². The number of carboxylic acid groups (broad SMARTS) is 1. The third-order valence-electron chi connectivity index (χ3n) is 1.62. The summed E-state index contributed by atoms with van der Waals surface area (Å²) < 4.78 is 0. The molecular formula is C5H7N3O2. The average Bonchev–Trinajstić information content (AvgIpc) is 2.62. The Balaban J connectivity index is 2.25. The molecule has 5 heteroatoms. The van der Waals surface area contributed by atoms with E-state index in [1.54, 1.807) is 0 Å². The highest BCUT2D eigenvalue weighted by Gasteiger charge is 2.42. The van der Waals surface area contributed by atoms with E-state index >= 15 is 0 Å². The van der Waals surface area contributed by atoms with Crippen LogP contribution in [0.1, 0.15) is 6.42 Å². The second kappa shape index (κ2) is 2.58. The van der Waals surface area contributed by atoms with E-state index in [0.717, 1.165) is 0 Å². The Labute approximate surface area is 57.3 Å². The molecule has 1 rings (SSSR count). The van der Waals surface area contributed by atoms with Crippen molar-refractivity contribution in [1.29, 1.82) is 0 Å². The van der Waals surface area contributed by atoms with E-state index in [-0.39, 0.29) is 11.8 Å². The number of azide groups is 1. The normalized spacial score (nSPS) is 28.8. The minimum Gasteiger partial charge on any atom is -0.481 e. The van der Waals surface area contributed by atoms with Crippen molar-refractivity contribution in [1.82, 2.24) is 0 Å². The zero-order valence-corrected chi connectivity index (χ0v) is 5.27. The van der Waals surface area contributed by atoms with Gasteiger partial charge < -0.3 is 5.11 Å². The van der Waals surface area contributed by atoms with Crippen LogP contribution in [0.3, 0.4) is 0 Å². The quantitative estimate of drug-likeness (QED) is 0.361. The molecule has 0 aromatic heterocycles. The van der Waals surface area contributed by atoms with Crippen molar-refractivity contribution in [3.63, 3.8) is 0 Å². The predicted octanol–water partition coefficient (Wildman–Crippen LogP) is 1.02. The van der Waals surface area contributed by atoms with Gasteiger partial charge in [0.1, 0.15) is 0 Å². The Morgan fingerprint density at radius 3 is 3.00 bits per heavy atom. The SMILES string of the molecule is [N-]=[N+]=NC[C@H]1C[C@H]1C(=O)O. The highest BCUT2D eigenvalue weighted by atomic mass is 16.4. The van der Waals surface area contributed by atoms with Crippen molar-refractivity contribution in [2.45, 2.75) is 6.42 Å². The van der Waals surface area contributed by atoms with Crippen LogP contribution in [0.2, 0.25) is 0 Å². The Morgan fingerprint density at radius 2 is 2.60 bits per heavy atom. The van der Waals surface area contributed by atoms with Gasteiger partial charge in [0, 0.05) is 11.5 Å². The number of aliphatic carboxylic acids is 1. The van der Waals surface area contributed by atoms with Crippen molar-refractivity contribution in [2.24, 2.45) is 17.0 Å². The third-order valence-corrected chi connectivity index (χ3v) is 1.62. The molecule has 0 aromatic carbocycles. The average molecular weight is 141 g/mol. The van der Waals surface area contributed by atoms with Crippen molar-refractivity contribution in [3.05, 3.63) is 10.4 Å². The van der Waals surface area contributed by atoms with E-state index in [1.807, 2.05) is 0 Å². The van der Waals surface area contributed by atoms with E-state index < -0.39 is 5.97 Å². The lowest BCUT2D eigenvalue weighted by Gasteiger charge is -1.85. The third kappa shape index (κ3) is 1.39. The molecular weight excluding hydrogens is 134 g/mol. The van der Waals surface area contributed by atoms with E-state index in [9.17, 15) is 4.79 Å². The van der Waals surface area contributed by atoms with Crippen LogP contribution >= 0.6 is 0 Å². The van der Waals surface area contributed by atoms with E-state index in [2.05, 4.69) is 10.0 Å². The van der Waals surface area contributed by atoms with Crippen molar-refractivity contribution >= 4 is 5.97 Å². The van der Waals surface area contributed by atoms with Crippen molar-refractivity contribution < 1.29 is 9.90 Å². The summed E-state index contributed by atoms with van der Waals surface area (Å²) in [6.07, 6.45) is 0.661. The predicted molar refractivity (Wildman–Crippen MR) is 33.2 cm³/mol. The molecule has 1 saturated carbocycles. The second-order valence-corrected chi connectivity index (χ2v) is 2.35. The minimum atomic E-state index is -0.780. The maximum absolute atomic E-state index is 10.2. The maximum Gasteiger partial charge on any atom is 0.306 e. The highest BCUT2D eigenvalue weighted by Crippen LogP contribution is 2.38. The van der Waals surface area contributed by atoms with Gasteiger partial charge in [0.25, 0.3) is 0 Å². The molecule has 10 heavy (non-hydrogen) atoms. The zero-order chi connectivity index (χ0) is 7.56. The monoisotopic (exact) mass is 141 g/mol. The topological polar surface area (TPSA) is 86.1 Å². The lowest BCUT2D eigenvalue weighted by atomic mass is 10.3. The molecule has 0 spiro atoms. The van der Waals surface area contributed by atoms with Crippen LogP contribution < -0.4 is 0 Å². The molecule has 5 nitrogen and oxygen atoms in total. The second-order valence-electron chi connectivity index (χ2n) is 2.35. The lowest BCUT2D eigenvalue weighted by molar-refractivity contribution is -0.138. The molecule has 0 bridgehead atoms. The fourth-order valence-corrected chi connectivity index (χ4v) is 0.893. The van der Waals surface area contributed by atoms with Crippen LogP contribution in [-0.2, 0) is 4.79 Å². The Morgan fingerprint density at radius 1 is 1.90 bits per heavy atom.